The Morgan fingerprint density at radius 3 is 2.26 bits per heavy atom. The van der Waals surface area contributed by atoms with Crippen molar-refractivity contribution in [2.75, 3.05) is 0 Å². The summed E-state index contributed by atoms with van der Waals surface area (Å²) in [6, 6.07) is 13.7. The average Bonchev–Trinajstić information content (AvgIpc) is 2.34. The van der Waals surface area contributed by atoms with Crippen LogP contribution in [0.25, 0.3) is 0 Å². The van der Waals surface area contributed by atoms with Crippen molar-refractivity contribution >= 4 is 39.1 Å². The summed E-state index contributed by atoms with van der Waals surface area (Å²) >= 11 is 15.4. The minimum absolute atomic E-state index is 0.447. The van der Waals surface area contributed by atoms with E-state index in [0.29, 0.717) is 16.5 Å². The molecule has 100 valence electrons. The van der Waals surface area contributed by atoms with Gasteiger partial charge in [0, 0.05) is 10.0 Å². The summed E-state index contributed by atoms with van der Waals surface area (Å²) in [7, 11) is 0. The van der Waals surface area contributed by atoms with Gasteiger partial charge >= 0.3 is 0 Å². The van der Waals surface area contributed by atoms with Crippen LogP contribution in [-0.4, -0.2) is 0 Å². The molecule has 0 spiro atoms. The molecule has 2 aromatic rings. The number of rotatable bonds is 3. The van der Waals surface area contributed by atoms with Crippen molar-refractivity contribution in [3.05, 3.63) is 68.1 Å². The highest BCUT2D eigenvalue weighted by Gasteiger charge is 2.21. The molecule has 0 aromatic heterocycles. The summed E-state index contributed by atoms with van der Waals surface area (Å²) in [5.74, 6) is 0. The van der Waals surface area contributed by atoms with Gasteiger partial charge in [0.15, 0.2) is 0 Å². The number of benzene rings is 2. The van der Waals surface area contributed by atoms with Gasteiger partial charge in [0.2, 0.25) is 0 Å². The molecule has 0 aliphatic carbocycles. The molecule has 0 amide bonds. The van der Waals surface area contributed by atoms with Crippen LogP contribution in [-0.2, 0) is 12.0 Å². The second kappa shape index (κ2) is 5.84. The first-order valence-corrected chi connectivity index (χ1v) is 7.42. The van der Waals surface area contributed by atoms with E-state index in [9.17, 15) is 0 Å². The van der Waals surface area contributed by atoms with Crippen molar-refractivity contribution in [2.45, 2.75) is 18.9 Å². The molecule has 2 aromatic carbocycles. The summed E-state index contributed by atoms with van der Waals surface area (Å²) in [6.07, 6.45) is 0.700. The Morgan fingerprint density at radius 1 is 1.05 bits per heavy atom. The van der Waals surface area contributed by atoms with Crippen LogP contribution in [0, 0.1) is 0 Å². The van der Waals surface area contributed by atoms with Crippen LogP contribution < -0.4 is 5.73 Å². The standard InChI is InChI=1S/C15H14BrCl2N/c1-15(19,11-3-5-12(16)6-4-11)9-10-2-7-13(17)14(18)8-10/h2-8H,9,19H2,1H3. The Labute approximate surface area is 131 Å². The number of hydrogen-bond acceptors (Lipinski definition) is 1. The molecule has 1 atom stereocenters. The lowest BCUT2D eigenvalue weighted by atomic mass is 9.87. The molecule has 0 heterocycles. The summed E-state index contributed by atoms with van der Waals surface area (Å²) in [4.78, 5) is 0. The highest BCUT2D eigenvalue weighted by Crippen LogP contribution is 2.28. The molecule has 2 N–H and O–H groups in total. The normalized spacial score (nSPS) is 14.2. The molecule has 19 heavy (non-hydrogen) atoms. The van der Waals surface area contributed by atoms with Gasteiger partial charge in [-0.25, -0.2) is 0 Å². The molecule has 4 heteroatoms. The first kappa shape index (κ1) is 14.9. The highest BCUT2D eigenvalue weighted by atomic mass is 79.9. The fourth-order valence-electron chi connectivity index (χ4n) is 2.01. The van der Waals surface area contributed by atoms with E-state index < -0.39 is 5.54 Å². The smallest absolute Gasteiger partial charge is 0.0595 e. The fraction of sp³-hybridized carbons (Fsp3) is 0.200. The van der Waals surface area contributed by atoms with E-state index >= 15 is 0 Å². The lowest BCUT2D eigenvalue weighted by Gasteiger charge is -2.25. The molecule has 0 saturated heterocycles. The van der Waals surface area contributed by atoms with E-state index in [1.54, 1.807) is 6.07 Å². The maximum absolute atomic E-state index is 6.42. The average molecular weight is 359 g/mol. The van der Waals surface area contributed by atoms with E-state index in [1.807, 2.05) is 43.3 Å². The molecule has 1 unspecified atom stereocenters. The van der Waals surface area contributed by atoms with Crippen LogP contribution in [0.5, 0.6) is 0 Å². The van der Waals surface area contributed by atoms with E-state index in [1.165, 1.54) is 0 Å². The van der Waals surface area contributed by atoms with Crippen molar-refractivity contribution in [1.82, 2.24) is 0 Å². The lowest BCUT2D eigenvalue weighted by molar-refractivity contribution is 0.491. The van der Waals surface area contributed by atoms with Gasteiger partial charge in [-0.1, -0.05) is 57.3 Å². The monoisotopic (exact) mass is 357 g/mol. The highest BCUT2D eigenvalue weighted by molar-refractivity contribution is 9.10. The first-order chi connectivity index (χ1) is 8.88. The summed E-state index contributed by atoms with van der Waals surface area (Å²) < 4.78 is 1.04. The Bertz CT molecular complexity index is 579. The number of halogens is 3. The predicted molar refractivity (Wildman–Crippen MR) is 85.8 cm³/mol. The van der Waals surface area contributed by atoms with Crippen LogP contribution in [0.4, 0.5) is 0 Å². The molecule has 0 aliphatic heterocycles. The second-order valence-electron chi connectivity index (χ2n) is 4.85. The third-order valence-corrected chi connectivity index (χ3v) is 4.33. The molecule has 0 bridgehead atoms. The quantitative estimate of drug-likeness (QED) is 0.804. The predicted octanol–water partition coefficient (Wildman–Crippen LogP) is 5.17. The number of nitrogens with two attached hydrogens (primary N) is 1. The minimum atomic E-state index is -0.447. The van der Waals surface area contributed by atoms with Crippen LogP contribution in [0.2, 0.25) is 10.0 Å². The zero-order valence-corrected chi connectivity index (χ0v) is 13.6. The Kier molecular flexibility index (Phi) is 4.57. The van der Waals surface area contributed by atoms with E-state index in [-0.39, 0.29) is 0 Å². The minimum Gasteiger partial charge on any atom is -0.321 e. The van der Waals surface area contributed by atoms with Gasteiger partial charge in [0.05, 0.1) is 10.0 Å². The maximum atomic E-state index is 6.42. The second-order valence-corrected chi connectivity index (χ2v) is 6.58. The maximum Gasteiger partial charge on any atom is 0.0595 e. The van der Waals surface area contributed by atoms with E-state index in [2.05, 4.69) is 15.9 Å². The van der Waals surface area contributed by atoms with Crippen molar-refractivity contribution in [3.63, 3.8) is 0 Å². The van der Waals surface area contributed by atoms with Gasteiger partial charge < -0.3 is 5.73 Å². The summed E-state index contributed by atoms with van der Waals surface area (Å²) in [5, 5.41) is 1.12. The Balaban J connectivity index is 2.25. The molecule has 0 saturated carbocycles. The van der Waals surface area contributed by atoms with Crippen LogP contribution >= 0.6 is 39.1 Å². The lowest BCUT2D eigenvalue weighted by Crippen LogP contribution is -2.35. The van der Waals surface area contributed by atoms with E-state index in [4.69, 9.17) is 28.9 Å². The van der Waals surface area contributed by atoms with Crippen LogP contribution in [0.15, 0.2) is 46.9 Å². The zero-order chi connectivity index (χ0) is 14.0. The third kappa shape index (κ3) is 3.73. The van der Waals surface area contributed by atoms with Gasteiger partial charge in [0.25, 0.3) is 0 Å². The van der Waals surface area contributed by atoms with Crippen LogP contribution in [0.1, 0.15) is 18.1 Å². The molecule has 0 aliphatic rings. The van der Waals surface area contributed by atoms with Gasteiger partial charge in [-0.3, -0.25) is 0 Å². The molecular formula is C15H14BrCl2N. The van der Waals surface area contributed by atoms with Gasteiger partial charge in [-0.05, 0) is 48.7 Å². The molecule has 0 fully saturated rings. The molecular weight excluding hydrogens is 345 g/mol. The van der Waals surface area contributed by atoms with E-state index in [0.717, 1.165) is 15.6 Å². The van der Waals surface area contributed by atoms with Gasteiger partial charge in [-0.2, -0.15) is 0 Å². The summed E-state index contributed by atoms with van der Waals surface area (Å²) in [5.41, 5.74) is 8.13. The third-order valence-electron chi connectivity index (χ3n) is 3.06. The number of hydrogen-bond donors (Lipinski definition) is 1. The van der Waals surface area contributed by atoms with Gasteiger partial charge in [0.1, 0.15) is 0 Å². The SMILES string of the molecule is CC(N)(Cc1ccc(Cl)c(Cl)c1)c1ccc(Br)cc1. The summed E-state index contributed by atoms with van der Waals surface area (Å²) in [6.45, 7) is 2.01. The van der Waals surface area contributed by atoms with Crippen molar-refractivity contribution in [1.29, 1.82) is 0 Å². The topological polar surface area (TPSA) is 26.0 Å². The molecule has 0 radical (unpaired) electrons. The van der Waals surface area contributed by atoms with Crippen LogP contribution in [0.3, 0.4) is 0 Å². The van der Waals surface area contributed by atoms with Crippen molar-refractivity contribution in [3.8, 4) is 0 Å². The first-order valence-electron chi connectivity index (χ1n) is 5.87. The van der Waals surface area contributed by atoms with Gasteiger partial charge in [-0.15, -0.1) is 0 Å². The van der Waals surface area contributed by atoms with Crippen molar-refractivity contribution < 1.29 is 0 Å². The molecule has 1 nitrogen and oxygen atoms in total. The largest absolute Gasteiger partial charge is 0.321 e. The fourth-order valence-corrected chi connectivity index (χ4v) is 2.59. The molecule has 2 rings (SSSR count). The Morgan fingerprint density at radius 2 is 1.68 bits per heavy atom. The zero-order valence-electron chi connectivity index (χ0n) is 10.5. The Hall–Kier alpha value is -0.540. The van der Waals surface area contributed by atoms with Crippen molar-refractivity contribution in [2.24, 2.45) is 5.73 Å².